The van der Waals surface area contributed by atoms with Crippen molar-refractivity contribution in [1.82, 2.24) is 0 Å². The number of hydrogen-bond acceptors (Lipinski definition) is 7. The van der Waals surface area contributed by atoms with Crippen molar-refractivity contribution in [2.24, 2.45) is 0 Å². The van der Waals surface area contributed by atoms with Crippen LogP contribution in [0.25, 0.3) is 5.76 Å². The van der Waals surface area contributed by atoms with Crippen LogP contribution >= 0.6 is 11.3 Å². The number of nitrogens with zero attached hydrogens (tertiary/aromatic N) is 1. The predicted octanol–water partition coefficient (Wildman–Crippen LogP) is 6.01. The van der Waals surface area contributed by atoms with Crippen molar-refractivity contribution in [1.29, 1.82) is 0 Å². The number of carbonyl (C=O) groups excluding carboxylic acids is 2. The second-order valence-corrected chi connectivity index (χ2v) is 10.8. The fourth-order valence-electron chi connectivity index (χ4n) is 4.49. The van der Waals surface area contributed by atoms with Crippen LogP contribution < -0.4 is 19.1 Å². The SMILES string of the molecule is COc1ccc(N2C(=O)C(=O)/C(=C(/O)c3cc(C(C)(C)C)ccc3OC)C2c2sccc2C)cc1OC. The first-order valence-corrected chi connectivity index (χ1v) is 12.7. The number of amides is 1. The molecule has 1 fully saturated rings. The zero-order valence-corrected chi connectivity index (χ0v) is 22.9. The maximum atomic E-state index is 13.6. The van der Waals surface area contributed by atoms with Crippen LogP contribution in [0.3, 0.4) is 0 Å². The minimum absolute atomic E-state index is 0.00898. The molecule has 1 atom stereocenters. The molecule has 37 heavy (non-hydrogen) atoms. The number of aliphatic hydroxyl groups is 1. The third-order valence-electron chi connectivity index (χ3n) is 6.56. The van der Waals surface area contributed by atoms with E-state index in [0.29, 0.717) is 28.5 Å². The van der Waals surface area contributed by atoms with Crippen molar-refractivity contribution in [3.8, 4) is 17.2 Å². The molecule has 1 amide bonds. The normalized spacial score (nSPS) is 17.3. The van der Waals surface area contributed by atoms with Gasteiger partial charge in [0, 0.05) is 16.6 Å². The molecule has 1 unspecified atom stereocenters. The Kier molecular flexibility index (Phi) is 7.06. The smallest absolute Gasteiger partial charge is 0.300 e. The van der Waals surface area contributed by atoms with Crippen molar-refractivity contribution in [3.05, 3.63) is 75.0 Å². The topological polar surface area (TPSA) is 85.3 Å². The van der Waals surface area contributed by atoms with E-state index in [2.05, 4.69) is 20.8 Å². The van der Waals surface area contributed by atoms with Crippen molar-refractivity contribution in [2.45, 2.75) is 39.2 Å². The summed E-state index contributed by atoms with van der Waals surface area (Å²) in [5, 5.41) is 13.6. The van der Waals surface area contributed by atoms with Gasteiger partial charge in [0.1, 0.15) is 17.6 Å². The molecule has 0 radical (unpaired) electrons. The number of thiophene rings is 1. The molecule has 0 aliphatic carbocycles. The van der Waals surface area contributed by atoms with E-state index in [4.69, 9.17) is 14.2 Å². The number of rotatable bonds is 6. The molecule has 0 spiro atoms. The lowest BCUT2D eigenvalue weighted by molar-refractivity contribution is -0.132. The standard InChI is InChI=1S/C29H31NO6S/c1-16-12-13-37-27(16)24-23(25(31)19-14-17(29(2,3)4)8-10-20(19)34-5)26(32)28(33)30(24)18-9-11-21(35-6)22(15-18)36-7/h8-15,24,31H,1-7H3/b25-23+. The number of aliphatic hydroxyl groups excluding tert-OH is 1. The van der Waals surface area contributed by atoms with Gasteiger partial charge in [-0.1, -0.05) is 26.8 Å². The molecule has 2 aromatic carbocycles. The van der Waals surface area contributed by atoms with E-state index in [0.717, 1.165) is 16.0 Å². The van der Waals surface area contributed by atoms with Gasteiger partial charge in [-0.15, -0.1) is 11.3 Å². The van der Waals surface area contributed by atoms with Gasteiger partial charge in [-0.3, -0.25) is 14.5 Å². The highest BCUT2D eigenvalue weighted by atomic mass is 32.1. The summed E-state index contributed by atoms with van der Waals surface area (Å²) < 4.78 is 16.3. The van der Waals surface area contributed by atoms with Crippen LogP contribution in [0.15, 0.2) is 53.4 Å². The van der Waals surface area contributed by atoms with Gasteiger partial charge in [0.15, 0.2) is 11.5 Å². The molecule has 194 valence electrons. The number of carbonyl (C=O) groups is 2. The average Bonchev–Trinajstić information content (AvgIpc) is 3.41. The zero-order chi connectivity index (χ0) is 27.1. The van der Waals surface area contributed by atoms with Crippen LogP contribution in [-0.2, 0) is 15.0 Å². The van der Waals surface area contributed by atoms with Crippen LogP contribution in [0.2, 0.25) is 0 Å². The third kappa shape index (κ3) is 4.57. The second kappa shape index (κ2) is 9.94. The lowest BCUT2D eigenvalue weighted by Crippen LogP contribution is -2.29. The van der Waals surface area contributed by atoms with Gasteiger partial charge in [0.05, 0.1) is 32.5 Å². The Balaban J connectivity index is 1.99. The highest BCUT2D eigenvalue weighted by Gasteiger charge is 2.48. The molecular weight excluding hydrogens is 490 g/mol. The summed E-state index contributed by atoms with van der Waals surface area (Å²) in [5.41, 5.74) is 2.47. The van der Waals surface area contributed by atoms with Crippen molar-refractivity contribution in [2.75, 3.05) is 26.2 Å². The maximum Gasteiger partial charge on any atom is 0.300 e. The number of Topliss-reactive ketones (excluding diaryl/α,β-unsaturated/α-hetero) is 1. The van der Waals surface area contributed by atoms with E-state index in [9.17, 15) is 14.7 Å². The van der Waals surface area contributed by atoms with E-state index in [1.165, 1.54) is 37.6 Å². The van der Waals surface area contributed by atoms with Crippen LogP contribution in [0.1, 0.15) is 48.4 Å². The molecule has 1 aliphatic heterocycles. The third-order valence-corrected chi connectivity index (χ3v) is 7.63. The highest BCUT2D eigenvalue weighted by Crippen LogP contribution is 2.47. The van der Waals surface area contributed by atoms with Gasteiger partial charge in [0.2, 0.25) is 0 Å². The van der Waals surface area contributed by atoms with Crippen LogP contribution in [0, 0.1) is 6.92 Å². The lowest BCUT2D eigenvalue weighted by Gasteiger charge is -2.26. The molecule has 0 bridgehead atoms. The van der Waals surface area contributed by atoms with Crippen molar-refractivity contribution < 1.29 is 28.9 Å². The van der Waals surface area contributed by atoms with Gasteiger partial charge in [-0.25, -0.2) is 0 Å². The van der Waals surface area contributed by atoms with Crippen LogP contribution in [0.5, 0.6) is 17.2 Å². The Bertz CT molecular complexity index is 1400. The first-order valence-electron chi connectivity index (χ1n) is 11.8. The Hall–Kier alpha value is -3.78. The van der Waals surface area contributed by atoms with Crippen molar-refractivity contribution in [3.63, 3.8) is 0 Å². The summed E-state index contributed by atoms with van der Waals surface area (Å²) >= 11 is 1.42. The summed E-state index contributed by atoms with van der Waals surface area (Å²) in [6.07, 6.45) is 0. The largest absolute Gasteiger partial charge is 0.507 e. The fraction of sp³-hybridized carbons (Fsp3) is 0.310. The molecule has 0 saturated carbocycles. The molecule has 1 aromatic heterocycles. The van der Waals surface area contributed by atoms with E-state index < -0.39 is 17.7 Å². The Labute approximate surface area is 220 Å². The number of hydrogen-bond donors (Lipinski definition) is 1. The van der Waals surface area contributed by atoms with Crippen LogP contribution in [0.4, 0.5) is 5.69 Å². The molecule has 4 rings (SSSR count). The molecule has 1 N–H and O–H groups in total. The Morgan fingerprint density at radius 3 is 2.14 bits per heavy atom. The zero-order valence-electron chi connectivity index (χ0n) is 22.0. The molecule has 2 heterocycles. The summed E-state index contributed by atoms with van der Waals surface area (Å²) in [5.74, 6) is -0.462. The molecule has 3 aromatic rings. The van der Waals surface area contributed by atoms with E-state index in [1.54, 1.807) is 24.3 Å². The monoisotopic (exact) mass is 521 g/mol. The number of aryl methyl sites for hydroxylation is 1. The Morgan fingerprint density at radius 2 is 1.57 bits per heavy atom. The Morgan fingerprint density at radius 1 is 0.919 bits per heavy atom. The molecule has 8 heteroatoms. The van der Waals surface area contributed by atoms with E-state index in [-0.39, 0.29) is 16.7 Å². The number of methoxy groups -OCH3 is 3. The van der Waals surface area contributed by atoms with Gasteiger partial charge in [0.25, 0.3) is 11.7 Å². The predicted molar refractivity (Wildman–Crippen MR) is 145 cm³/mol. The van der Waals surface area contributed by atoms with Gasteiger partial charge < -0.3 is 19.3 Å². The maximum absolute atomic E-state index is 13.6. The van der Waals surface area contributed by atoms with Gasteiger partial charge >= 0.3 is 0 Å². The summed E-state index contributed by atoms with van der Waals surface area (Å²) in [4.78, 5) is 29.3. The quantitative estimate of drug-likeness (QED) is 0.243. The molecular formula is C29H31NO6S. The van der Waals surface area contributed by atoms with Crippen molar-refractivity contribution >= 4 is 34.5 Å². The summed E-state index contributed by atoms with van der Waals surface area (Å²) in [6.45, 7) is 8.10. The number of benzene rings is 2. The second-order valence-electron chi connectivity index (χ2n) is 9.84. The van der Waals surface area contributed by atoms with Crippen LogP contribution in [-0.4, -0.2) is 38.1 Å². The number of ketones is 1. The molecule has 1 saturated heterocycles. The number of ether oxygens (including phenoxy) is 3. The van der Waals surface area contributed by atoms with Gasteiger partial charge in [-0.05, 0) is 59.2 Å². The first-order chi connectivity index (χ1) is 17.5. The highest BCUT2D eigenvalue weighted by molar-refractivity contribution is 7.10. The number of anilines is 1. The minimum atomic E-state index is -0.832. The van der Waals surface area contributed by atoms with E-state index >= 15 is 0 Å². The molecule has 7 nitrogen and oxygen atoms in total. The van der Waals surface area contributed by atoms with E-state index in [1.807, 2.05) is 30.5 Å². The fourth-order valence-corrected chi connectivity index (χ4v) is 5.52. The lowest BCUT2D eigenvalue weighted by atomic mass is 9.85. The first kappa shape index (κ1) is 26.3. The minimum Gasteiger partial charge on any atom is -0.507 e. The average molecular weight is 522 g/mol. The summed E-state index contributed by atoms with van der Waals surface area (Å²) in [7, 11) is 4.54. The van der Waals surface area contributed by atoms with Gasteiger partial charge in [-0.2, -0.15) is 0 Å². The molecule has 1 aliphatic rings. The summed E-state index contributed by atoms with van der Waals surface area (Å²) in [6, 6.07) is 11.6.